The predicted octanol–water partition coefficient (Wildman–Crippen LogP) is 1.68. The second kappa shape index (κ2) is 8.99. The van der Waals surface area contributed by atoms with Crippen molar-refractivity contribution in [2.75, 3.05) is 38.1 Å². The van der Waals surface area contributed by atoms with E-state index in [2.05, 4.69) is 20.4 Å². The van der Waals surface area contributed by atoms with Gasteiger partial charge in [0, 0.05) is 51.9 Å². The van der Waals surface area contributed by atoms with Gasteiger partial charge in [-0.1, -0.05) is 0 Å². The van der Waals surface area contributed by atoms with Gasteiger partial charge in [-0.05, 0) is 24.3 Å². The lowest BCUT2D eigenvalue weighted by atomic mass is 10.2. The van der Waals surface area contributed by atoms with E-state index >= 15 is 0 Å². The summed E-state index contributed by atoms with van der Waals surface area (Å²) in [4.78, 5) is 25.0. The van der Waals surface area contributed by atoms with Crippen molar-refractivity contribution in [3.8, 4) is 11.5 Å². The van der Waals surface area contributed by atoms with Crippen molar-refractivity contribution in [3.63, 3.8) is 0 Å². The topological polar surface area (TPSA) is 91.8 Å². The number of amides is 1. The Bertz CT molecular complexity index is 1070. The lowest BCUT2D eigenvalue weighted by Gasteiger charge is -2.35. The Morgan fingerprint density at radius 1 is 1.29 bits per heavy atom. The molecule has 3 aromatic rings. The van der Waals surface area contributed by atoms with Crippen molar-refractivity contribution >= 4 is 17.6 Å². The van der Waals surface area contributed by atoms with Gasteiger partial charge in [0.25, 0.3) is 0 Å². The Kier molecular flexibility index (Phi) is 5.96. The maximum atomic E-state index is 13.1. The number of benzene rings is 1. The average molecular weight is 425 g/mol. The summed E-state index contributed by atoms with van der Waals surface area (Å²) < 4.78 is 20.3. The fourth-order valence-corrected chi connectivity index (χ4v) is 3.46. The van der Waals surface area contributed by atoms with Gasteiger partial charge in [-0.25, -0.2) is 9.37 Å². The van der Waals surface area contributed by atoms with Crippen molar-refractivity contribution in [1.82, 2.24) is 25.0 Å². The second-order valence-electron chi connectivity index (χ2n) is 7.21. The number of oxazole rings is 1. The van der Waals surface area contributed by atoms with Crippen LogP contribution in [0.3, 0.4) is 0 Å². The van der Waals surface area contributed by atoms with Crippen molar-refractivity contribution in [2.24, 2.45) is 12.0 Å². The quantitative estimate of drug-likeness (QED) is 0.494. The van der Waals surface area contributed by atoms with Gasteiger partial charge in [-0.3, -0.25) is 14.5 Å². The molecule has 1 amide bonds. The number of hydrogen-bond acceptors (Lipinski definition) is 5. The van der Waals surface area contributed by atoms with Gasteiger partial charge >= 0.3 is 0 Å². The standard InChI is InChI=1S/C21H24FN7O2/c1-23-21(28-9-10-29(19(30)13-28)18-11-25-27(2)12-18)24-8-7-17-14-31-20(26-17)15-3-5-16(22)6-4-15/h3-6,11-12,14H,7-10,13H2,1-2H3,(H,23,24). The van der Waals surface area contributed by atoms with Crippen LogP contribution in [-0.4, -0.2) is 64.8 Å². The molecular formula is C21H24FN7O2. The molecule has 4 rings (SSSR count). The Balaban J connectivity index is 1.29. The highest BCUT2D eigenvalue weighted by Crippen LogP contribution is 2.19. The van der Waals surface area contributed by atoms with Gasteiger partial charge < -0.3 is 19.5 Å². The minimum Gasteiger partial charge on any atom is -0.444 e. The number of anilines is 1. The molecule has 31 heavy (non-hydrogen) atoms. The van der Waals surface area contributed by atoms with Crippen LogP contribution in [0, 0.1) is 5.82 Å². The van der Waals surface area contributed by atoms with E-state index in [1.807, 2.05) is 18.1 Å². The second-order valence-corrected chi connectivity index (χ2v) is 7.21. The number of carbonyl (C=O) groups is 1. The zero-order valence-corrected chi connectivity index (χ0v) is 17.5. The van der Waals surface area contributed by atoms with Crippen LogP contribution in [0.4, 0.5) is 10.1 Å². The molecule has 0 radical (unpaired) electrons. The summed E-state index contributed by atoms with van der Waals surface area (Å²) in [5.41, 5.74) is 2.30. The first kappa shape index (κ1) is 20.6. The van der Waals surface area contributed by atoms with E-state index < -0.39 is 0 Å². The zero-order chi connectivity index (χ0) is 21.8. The fourth-order valence-electron chi connectivity index (χ4n) is 3.46. The SMILES string of the molecule is CN=C(NCCc1coc(-c2ccc(F)cc2)n1)N1CCN(c2cnn(C)c2)C(=O)C1. The van der Waals surface area contributed by atoms with Gasteiger partial charge in [0.2, 0.25) is 11.8 Å². The molecule has 2 aromatic heterocycles. The summed E-state index contributed by atoms with van der Waals surface area (Å²) in [5, 5.41) is 7.41. The number of hydrogen-bond donors (Lipinski definition) is 1. The van der Waals surface area contributed by atoms with Gasteiger partial charge in [0.15, 0.2) is 5.96 Å². The molecule has 1 aliphatic heterocycles. The van der Waals surface area contributed by atoms with Crippen LogP contribution in [-0.2, 0) is 18.3 Å². The van der Waals surface area contributed by atoms with Gasteiger partial charge in [-0.15, -0.1) is 0 Å². The smallest absolute Gasteiger partial charge is 0.246 e. The van der Waals surface area contributed by atoms with Crippen LogP contribution in [0.1, 0.15) is 5.69 Å². The molecule has 1 saturated heterocycles. The van der Waals surface area contributed by atoms with Crippen LogP contribution in [0.5, 0.6) is 0 Å². The minimum atomic E-state index is -0.300. The lowest BCUT2D eigenvalue weighted by molar-refractivity contribution is -0.120. The number of carbonyl (C=O) groups excluding carboxylic acids is 1. The molecule has 1 N–H and O–H groups in total. The predicted molar refractivity (Wildman–Crippen MR) is 114 cm³/mol. The Labute approximate surface area is 179 Å². The molecule has 9 nitrogen and oxygen atoms in total. The van der Waals surface area contributed by atoms with E-state index in [-0.39, 0.29) is 18.3 Å². The maximum absolute atomic E-state index is 13.1. The van der Waals surface area contributed by atoms with Gasteiger partial charge in [0.05, 0.1) is 17.6 Å². The third-order valence-electron chi connectivity index (χ3n) is 5.04. The summed E-state index contributed by atoms with van der Waals surface area (Å²) in [7, 11) is 3.52. The molecule has 0 atom stereocenters. The van der Waals surface area contributed by atoms with Crippen LogP contribution in [0.15, 0.2) is 52.3 Å². The van der Waals surface area contributed by atoms with Crippen molar-refractivity contribution < 1.29 is 13.6 Å². The Morgan fingerprint density at radius 2 is 2.10 bits per heavy atom. The minimum absolute atomic E-state index is 0.00245. The number of rotatable bonds is 5. The third-order valence-corrected chi connectivity index (χ3v) is 5.04. The van der Waals surface area contributed by atoms with Crippen molar-refractivity contribution in [1.29, 1.82) is 0 Å². The van der Waals surface area contributed by atoms with Crippen LogP contribution in [0.2, 0.25) is 0 Å². The third kappa shape index (κ3) is 4.73. The number of nitrogens with zero attached hydrogens (tertiary/aromatic N) is 6. The van der Waals surface area contributed by atoms with E-state index in [1.54, 1.807) is 41.2 Å². The van der Waals surface area contributed by atoms with E-state index in [1.165, 1.54) is 12.1 Å². The summed E-state index contributed by atoms with van der Waals surface area (Å²) in [5.74, 6) is 0.825. The first-order chi connectivity index (χ1) is 15.0. The van der Waals surface area contributed by atoms with E-state index in [0.717, 1.165) is 16.9 Å². The zero-order valence-electron chi connectivity index (χ0n) is 17.5. The molecule has 0 unspecified atom stereocenters. The average Bonchev–Trinajstić information content (AvgIpc) is 3.41. The monoisotopic (exact) mass is 425 g/mol. The highest BCUT2D eigenvalue weighted by Gasteiger charge is 2.27. The molecule has 1 fully saturated rings. The highest BCUT2D eigenvalue weighted by atomic mass is 19.1. The number of piperazine rings is 1. The van der Waals surface area contributed by atoms with Crippen molar-refractivity contribution in [2.45, 2.75) is 6.42 Å². The number of halogens is 1. The number of aliphatic imine (C=N–C) groups is 1. The summed E-state index contributed by atoms with van der Waals surface area (Å²) in [6.07, 6.45) is 5.74. The molecule has 1 aliphatic rings. The molecule has 10 heteroatoms. The maximum Gasteiger partial charge on any atom is 0.246 e. The molecular weight excluding hydrogens is 401 g/mol. The molecule has 0 aliphatic carbocycles. The van der Waals surface area contributed by atoms with Crippen molar-refractivity contribution in [3.05, 3.63) is 54.4 Å². The van der Waals surface area contributed by atoms with E-state index in [4.69, 9.17) is 4.42 Å². The van der Waals surface area contributed by atoms with E-state index in [9.17, 15) is 9.18 Å². The largest absolute Gasteiger partial charge is 0.444 e. The number of aromatic nitrogens is 3. The normalized spacial score (nSPS) is 14.9. The van der Waals surface area contributed by atoms with Crippen LogP contribution < -0.4 is 10.2 Å². The number of nitrogens with one attached hydrogen (secondary N) is 1. The molecule has 0 spiro atoms. The van der Waals surface area contributed by atoms with Crippen LogP contribution >= 0.6 is 0 Å². The van der Waals surface area contributed by atoms with Gasteiger partial charge in [-0.2, -0.15) is 5.10 Å². The molecule has 162 valence electrons. The molecule has 0 saturated carbocycles. The summed E-state index contributed by atoms with van der Waals surface area (Å²) in [6.45, 7) is 2.06. The summed E-state index contributed by atoms with van der Waals surface area (Å²) >= 11 is 0. The number of guanidine groups is 1. The molecule has 0 bridgehead atoms. The van der Waals surface area contributed by atoms with E-state index in [0.29, 0.717) is 37.9 Å². The van der Waals surface area contributed by atoms with Crippen LogP contribution in [0.25, 0.3) is 11.5 Å². The van der Waals surface area contributed by atoms with Gasteiger partial charge in [0.1, 0.15) is 18.6 Å². The molecule has 1 aromatic carbocycles. The first-order valence-electron chi connectivity index (χ1n) is 9.98. The lowest BCUT2D eigenvalue weighted by Crippen LogP contribution is -2.55. The molecule has 3 heterocycles. The summed E-state index contributed by atoms with van der Waals surface area (Å²) in [6, 6.07) is 6.01. The fraction of sp³-hybridized carbons (Fsp3) is 0.333. The highest BCUT2D eigenvalue weighted by molar-refractivity contribution is 5.98. The first-order valence-corrected chi connectivity index (χ1v) is 9.98. The number of aryl methyl sites for hydroxylation is 1. The Hall–Kier alpha value is -3.69. The Morgan fingerprint density at radius 3 is 2.77 bits per heavy atom.